The first-order valence-corrected chi connectivity index (χ1v) is 9.37. The first-order valence-electron chi connectivity index (χ1n) is 8.38. The molecule has 0 aliphatic heterocycles. The van der Waals surface area contributed by atoms with Gasteiger partial charge in [0.1, 0.15) is 17.2 Å². The molecule has 5 aromatic rings. The molecule has 0 radical (unpaired) electrons. The Kier molecular flexibility index (Phi) is 3.64. The fraction of sp³-hybridized carbons (Fsp3) is 0.105. The molecule has 2 aromatic carbocycles. The molecule has 0 atom stereocenters. The zero-order valence-electron chi connectivity index (χ0n) is 14.4. The average Bonchev–Trinajstić information content (AvgIpc) is 3.15. The number of nitrogens with zero attached hydrogens (tertiary/aromatic N) is 6. The highest BCUT2D eigenvalue weighted by molar-refractivity contribution is 7.98. The number of fused-ring (bicyclic) bond motifs is 4. The maximum absolute atomic E-state index is 12.5. The van der Waals surface area contributed by atoms with Gasteiger partial charge in [0.05, 0.1) is 22.2 Å². The molecule has 0 aliphatic carbocycles. The van der Waals surface area contributed by atoms with Crippen LogP contribution >= 0.6 is 11.8 Å². The van der Waals surface area contributed by atoms with Crippen LogP contribution in [0.2, 0.25) is 0 Å². The van der Waals surface area contributed by atoms with Gasteiger partial charge in [0.15, 0.2) is 0 Å². The molecule has 3 heterocycles. The van der Waals surface area contributed by atoms with E-state index < -0.39 is 0 Å². The zero-order valence-corrected chi connectivity index (χ0v) is 15.2. The molecular formula is C19H14N6OS. The van der Waals surface area contributed by atoms with Crippen molar-refractivity contribution in [1.82, 2.24) is 29.1 Å². The minimum atomic E-state index is -0.0773. The molecule has 0 fully saturated rings. The second-order valence-electron chi connectivity index (χ2n) is 6.12. The van der Waals surface area contributed by atoms with Gasteiger partial charge in [0.25, 0.3) is 5.56 Å². The van der Waals surface area contributed by atoms with Crippen molar-refractivity contribution in [2.45, 2.75) is 10.8 Å². The fourth-order valence-corrected chi connectivity index (χ4v) is 4.12. The van der Waals surface area contributed by atoms with Crippen LogP contribution in [0.3, 0.4) is 0 Å². The van der Waals surface area contributed by atoms with E-state index in [9.17, 15) is 4.79 Å². The standard InChI is InChI=1S/C19H14N6OS/c1-24-18(26)13-7-3-5-9-15(13)25-16(22-23-19(24)25)10-27-17-12-6-2-4-8-14(12)20-11-21-17/h2-9,11H,10H2,1H3. The van der Waals surface area contributed by atoms with E-state index in [1.165, 1.54) is 4.57 Å². The van der Waals surface area contributed by atoms with E-state index in [1.54, 1.807) is 25.1 Å². The van der Waals surface area contributed by atoms with Gasteiger partial charge in [-0.1, -0.05) is 42.1 Å². The van der Waals surface area contributed by atoms with Crippen molar-refractivity contribution in [3.05, 3.63) is 71.0 Å². The number of hydrogen-bond acceptors (Lipinski definition) is 6. The van der Waals surface area contributed by atoms with E-state index in [4.69, 9.17) is 0 Å². The molecule has 0 amide bonds. The lowest BCUT2D eigenvalue weighted by atomic mass is 10.2. The van der Waals surface area contributed by atoms with Crippen LogP contribution in [0.4, 0.5) is 0 Å². The molecule has 132 valence electrons. The topological polar surface area (TPSA) is 78.0 Å². The second-order valence-corrected chi connectivity index (χ2v) is 7.08. The van der Waals surface area contributed by atoms with Gasteiger partial charge in [0, 0.05) is 12.4 Å². The van der Waals surface area contributed by atoms with Crippen molar-refractivity contribution in [2.24, 2.45) is 7.05 Å². The van der Waals surface area contributed by atoms with Crippen molar-refractivity contribution in [3.8, 4) is 0 Å². The summed E-state index contributed by atoms with van der Waals surface area (Å²) in [5.74, 6) is 1.87. The number of rotatable bonds is 3. The molecule has 5 rings (SSSR count). The van der Waals surface area contributed by atoms with Crippen molar-refractivity contribution < 1.29 is 0 Å². The SMILES string of the molecule is Cn1c(=O)c2ccccc2n2c(CSc3ncnc4ccccc34)nnc12. The highest BCUT2D eigenvalue weighted by Crippen LogP contribution is 2.27. The van der Waals surface area contributed by atoms with Crippen LogP contribution in [0.15, 0.2) is 64.7 Å². The Morgan fingerprint density at radius 2 is 1.74 bits per heavy atom. The summed E-state index contributed by atoms with van der Waals surface area (Å²) in [6.45, 7) is 0. The van der Waals surface area contributed by atoms with Crippen molar-refractivity contribution in [2.75, 3.05) is 0 Å². The summed E-state index contributed by atoms with van der Waals surface area (Å²) in [6, 6.07) is 15.4. The maximum Gasteiger partial charge on any atom is 0.262 e. The Hall–Kier alpha value is -3.26. The van der Waals surface area contributed by atoms with E-state index >= 15 is 0 Å². The van der Waals surface area contributed by atoms with Crippen LogP contribution in [0.1, 0.15) is 5.82 Å². The quantitative estimate of drug-likeness (QED) is 0.357. The number of aromatic nitrogens is 6. The normalized spacial score (nSPS) is 11.6. The van der Waals surface area contributed by atoms with E-state index in [-0.39, 0.29) is 5.56 Å². The van der Waals surface area contributed by atoms with Crippen LogP contribution in [0, 0.1) is 0 Å². The fourth-order valence-electron chi connectivity index (χ4n) is 3.21. The number of hydrogen-bond donors (Lipinski definition) is 0. The average molecular weight is 374 g/mol. The highest BCUT2D eigenvalue weighted by Gasteiger charge is 2.15. The highest BCUT2D eigenvalue weighted by atomic mass is 32.2. The van der Waals surface area contributed by atoms with Crippen molar-refractivity contribution >= 4 is 39.3 Å². The minimum Gasteiger partial charge on any atom is -0.279 e. The molecule has 0 spiro atoms. The van der Waals surface area contributed by atoms with Crippen LogP contribution < -0.4 is 5.56 Å². The van der Waals surface area contributed by atoms with Gasteiger partial charge in [-0.05, 0) is 18.2 Å². The van der Waals surface area contributed by atoms with Gasteiger partial charge in [0.2, 0.25) is 5.78 Å². The molecule has 0 saturated heterocycles. The molecule has 3 aromatic heterocycles. The van der Waals surface area contributed by atoms with Gasteiger partial charge in [-0.25, -0.2) is 9.97 Å². The second kappa shape index (κ2) is 6.17. The van der Waals surface area contributed by atoms with Gasteiger partial charge in [-0.15, -0.1) is 10.2 Å². The van der Waals surface area contributed by atoms with E-state index in [1.807, 2.05) is 52.9 Å². The Labute approximate surface area is 157 Å². The number of thioether (sulfide) groups is 1. The van der Waals surface area contributed by atoms with Crippen LogP contribution in [-0.2, 0) is 12.8 Å². The lowest BCUT2D eigenvalue weighted by molar-refractivity contribution is 0.857. The summed E-state index contributed by atoms with van der Waals surface area (Å²) < 4.78 is 3.47. The molecule has 0 bridgehead atoms. The summed E-state index contributed by atoms with van der Waals surface area (Å²) >= 11 is 1.58. The number of para-hydroxylation sites is 2. The lowest BCUT2D eigenvalue weighted by Crippen LogP contribution is -2.20. The van der Waals surface area contributed by atoms with Crippen LogP contribution in [0.5, 0.6) is 0 Å². The first-order chi connectivity index (χ1) is 13.2. The molecule has 7 nitrogen and oxygen atoms in total. The Balaban J connectivity index is 1.63. The summed E-state index contributed by atoms with van der Waals surface area (Å²) in [6.07, 6.45) is 1.58. The Morgan fingerprint density at radius 1 is 0.963 bits per heavy atom. The van der Waals surface area contributed by atoms with E-state index in [0.717, 1.165) is 27.3 Å². The molecule has 8 heteroatoms. The summed E-state index contributed by atoms with van der Waals surface area (Å²) in [5, 5.41) is 11.1. The predicted octanol–water partition coefficient (Wildman–Crippen LogP) is 2.82. The van der Waals surface area contributed by atoms with Crippen LogP contribution in [-0.4, -0.2) is 29.1 Å². The van der Waals surface area contributed by atoms with Gasteiger partial charge in [-0.2, -0.15) is 0 Å². The zero-order chi connectivity index (χ0) is 18.4. The van der Waals surface area contributed by atoms with E-state index in [2.05, 4.69) is 20.2 Å². The molecule has 0 saturated carbocycles. The maximum atomic E-state index is 12.5. The minimum absolute atomic E-state index is 0.0773. The number of benzene rings is 2. The molecule has 0 N–H and O–H groups in total. The lowest BCUT2D eigenvalue weighted by Gasteiger charge is -2.08. The van der Waals surface area contributed by atoms with Gasteiger partial charge < -0.3 is 0 Å². The van der Waals surface area contributed by atoms with Crippen molar-refractivity contribution in [3.63, 3.8) is 0 Å². The first kappa shape index (κ1) is 16.0. The third kappa shape index (κ3) is 2.48. The van der Waals surface area contributed by atoms with Crippen molar-refractivity contribution in [1.29, 1.82) is 0 Å². The summed E-state index contributed by atoms with van der Waals surface area (Å²) in [7, 11) is 1.72. The Morgan fingerprint density at radius 3 is 2.63 bits per heavy atom. The largest absolute Gasteiger partial charge is 0.279 e. The van der Waals surface area contributed by atoms with Gasteiger partial charge in [-0.3, -0.25) is 13.8 Å². The number of aryl methyl sites for hydroxylation is 1. The smallest absolute Gasteiger partial charge is 0.262 e. The third-order valence-electron chi connectivity index (χ3n) is 4.54. The molecule has 0 unspecified atom stereocenters. The van der Waals surface area contributed by atoms with Crippen LogP contribution in [0.25, 0.3) is 27.6 Å². The Bertz CT molecular complexity index is 1370. The summed E-state index contributed by atoms with van der Waals surface area (Å²) in [5.41, 5.74) is 1.64. The van der Waals surface area contributed by atoms with E-state index in [0.29, 0.717) is 16.9 Å². The molecule has 0 aliphatic rings. The summed E-state index contributed by atoms with van der Waals surface area (Å²) in [4.78, 5) is 21.3. The molecular weight excluding hydrogens is 360 g/mol. The third-order valence-corrected chi connectivity index (χ3v) is 5.54. The van der Waals surface area contributed by atoms with Gasteiger partial charge >= 0.3 is 0 Å². The monoisotopic (exact) mass is 374 g/mol. The predicted molar refractivity (Wildman–Crippen MR) is 105 cm³/mol. The molecule has 27 heavy (non-hydrogen) atoms.